The number of ether oxygens (including phenoxy) is 1. The van der Waals surface area contributed by atoms with E-state index < -0.39 is 4.92 Å². The first kappa shape index (κ1) is 14.1. The highest BCUT2D eigenvalue weighted by atomic mass is 35.5. The Balaban J connectivity index is 2.24. The van der Waals surface area contributed by atoms with Gasteiger partial charge in [-0.1, -0.05) is 31.5 Å². The lowest BCUT2D eigenvalue weighted by Gasteiger charge is -2.51. The van der Waals surface area contributed by atoms with E-state index in [-0.39, 0.29) is 23.2 Å². The Morgan fingerprint density at radius 1 is 1.53 bits per heavy atom. The second kappa shape index (κ2) is 4.98. The van der Waals surface area contributed by atoms with Crippen LogP contribution in [0, 0.1) is 15.5 Å². The molecule has 0 spiro atoms. The van der Waals surface area contributed by atoms with Gasteiger partial charge in [0.1, 0.15) is 5.69 Å². The van der Waals surface area contributed by atoms with Crippen LogP contribution in [-0.4, -0.2) is 24.2 Å². The number of benzene rings is 1. The maximum Gasteiger partial charge on any atom is 0.293 e. The van der Waals surface area contributed by atoms with Gasteiger partial charge in [-0.15, -0.1) is 0 Å². The third-order valence-corrected chi connectivity index (χ3v) is 4.28. The van der Waals surface area contributed by atoms with E-state index in [9.17, 15) is 10.1 Å². The summed E-state index contributed by atoms with van der Waals surface area (Å²) >= 11 is 6.06. The fourth-order valence-electron chi connectivity index (χ4n) is 2.51. The van der Waals surface area contributed by atoms with Crippen molar-refractivity contribution in [1.82, 2.24) is 0 Å². The normalized spacial score (nSPS) is 24.6. The Kier molecular flexibility index (Phi) is 3.69. The standard InChI is InChI=1S/C13H17ClN2O3/c1-13(2)10(7-11(13)19-3)15-12-8(14)5-4-6-9(12)16(17)18/h4-6,10-11,15H,7H2,1-3H3. The predicted octanol–water partition coefficient (Wildman–Crippen LogP) is 3.47. The molecular weight excluding hydrogens is 268 g/mol. The molecule has 5 nitrogen and oxygen atoms in total. The molecule has 0 heterocycles. The molecule has 1 aliphatic rings. The van der Waals surface area contributed by atoms with E-state index in [1.54, 1.807) is 19.2 Å². The van der Waals surface area contributed by atoms with E-state index in [0.29, 0.717) is 10.7 Å². The SMILES string of the molecule is COC1CC(Nc2c(Cl)cccc2[N+](=O)[O-])C1(C)C. The smallest absolute Gasteiger partial charge is 0.293 e. The van der Waals surface area contributed by atoms with Gasteiger partial charge in [0.15, 0.2) is 0 Å². The molecule has 1 N–H and O–H groups in total. The van der Waals surface area contributed by atoms with Crippen molar-refractivity contribution in [2.75, 3.05) is 12.4 Å². The van der Waals surface area contributed by atoms with Gasteiger partial charge < -0.3 is 10.1 Å². The molecule has 1 aromatic carbocycles. The molecule has 19 heavy (non-hydrogen) atoms. The zero-order chi connectivity index (χ0) is 14.2. The van der Waals surface area contributed by atoms with Crippen LogP contribution >= 0.6 is 11.6 Å². The number of para-hydroxylation sites is 1. The highest BCUT2D eigenvalue weighted by Crippen LogP contribution is 2.46. The van der Waals surface area contributed by atoms with Crippen LogP contribution in [0.2, 0.25) is 5.02 Å². The molecule has 0 saturated heterocycles. The number of methoxy groups -OCH3 is 1. The van der Waals surface area contributed by atoms with Gasteiger partial charge >= 0.3 is 0 Å². The summed E-state index contributed by atoms with van der Waals surface area (Å²) in [6.45, 7) is 4.15. The molecule has 0 aliphatic heterocycles. The van der Waals surface area contributed by atoms with Crippen molar-refractivity contribution in [2.24, 2.45) is 5.41 Å². The van der Waals surface area contributed by atoms with Gasteiger partial charge in [-0.25, -0.2) is 0 Å². The average Bonchev–Trinajstić information content (AvgIpc) is 2.34. The number of rotatable bonds is 4. The van der Waals surface area contributed by atoms with Gasteiger partial charge in [0.05, 0.1) is 16.0 Å². The van der Waals surface area contributed by atoms with Crippen LogP contribution < -0.4 is 5.32 Å². The molecule has 1 aliphatic carbocycles. The van der Waals surface area contributed by atoms with Gasteiger partial charge in [0.25, 0.3) is 5.69 Å². The Morgan fingerprint density at radius 2 is 2.21 bits per heavy atom. The van der Waals surface area contributed by atoms with Crippen LogP contribution in [-0.2, 0) is 4.74 Å². The van der Waals surface area contributed by atoms with Crippen molar-refractivity contribution >= 4 is 23.0 Å². The largest absolute Gasteiger partial charge is 0.381 e. The van der Waals surface area contributed by atoms with E-state index in [1.807, 2.05) is 0 Å². The lowest BCUT2D eigenvalue weighted by atomic mass is 9.64. The number of nitrogens with zero attached hydrogens (tertiary/aromatic N) is 1. The highest BCUT2D eigenvalue weighted by molar-refractivity contribution is 6.33. The monoisotopic (exact) mass is 284 g/mol. The van der Waals surface area contributed by atoms with Crippen LogP contribution in [0.1, 0.15) is 20.3 Å². The van der Waals surface area contributed by atoms with Crippen molar-refractivity contribution in [3.8, 4) is 0 Å². The second-order valence-corrected chi connectivity index (χ2v) is 5.78. The summed E-state index contributed by atoms with van der Waals surface area (Å²) in [5.74, 6) is 0. The van der Waals surface area contributed by atoms with Crippen molar-refractivity contribution in [3.05, 3.63) is 33.3 Å². The minimum absolute atomic E-state index is 0.00386. The van der Waals surface area contributed by atoms with Crippen LogP contribution in [0.5, 0.6) is 0 Å². The van der Waals surface area contributed by atoms with Crippen molar-refractivity contribution in [3.63, 3.8) is 0 Å². The Morgan fingerprint density at radius 3 is 2.74 bits per heavy atom. The fraction of sp³-hybridized carbons (Fsp3) is 0.538. The van der Waals surface area contributed by atoms with Gasteiger partial charge in [0, 0.05) is 24.6 Å². The molecule has 1 saturated carbocycles. The van der Waals surface area contributed by atoms with Crippen molar-refractivity contribution in [2.45, 2.75) is 32.4 Å². The first-order chi connectivity index (χ1) is 8.87. The molecule has 104 valence electrons. The first-order valence-corrected chi connectivity index (χ1v) is 6.48. The van der Waals surface area contributed by atoms with Crippen molar-refractivity contribution in [1.29, 1.82) is 0 Å². The number of anilines is 1. The molecule has 2 atom stereocenters. The van der Waals surface area contributed by atoms with Crippen molar-refractivity contribution < 1.29 is 9.66 Å². The lowest BCUT2D eigenvalue weighted by Crippen LogP contribution is -2.57. The van der Waals surface area contributed by atoms with E-state index in [1.165, 1.54) is 6.07 Å². The Bertz CT molecular complexity index is 505. The summed E-state index contributed by atoms with van der Waals surface area (Å²) in [6, 6.07) is 4.79. The number of hydrogen-bond acceptors (Lipinski definition) is 4. The summed E-state index contributed by atoms with van der Waals surface area (Å²) in [5.41, 5.74) is 0.313. The van der Waals surface area contributed by atoms with Crippen LogP contribution in [0.3, 0.4) is 0 Å². The maximum absolute atomic E-state index is 11.0. The Hall–Kier alpha value is -1.33. The molecule has 6 heteroatoms. The molecule has 2 rings (SSSR count). The summed E-state index contributed by atoms with van der Waals surface area (Å²) in [5, 5.41) is 14.6. The number of nitrogens with one attached hydrogen (secondary N) is 1. The second-order valence-electron chi connectivity index (χ2n) is 5.37. The molecular formula is C13H17ClN2O3. The minimum atomic E-state index is -0.423. The summed E-state index contributed by atoms with van der Waals surface area (Å²) in [6.07, 6.45) is 0.970. The molecule has 1 aromatic rings. The van der Waals surface area contributed by atoms with Gasteiger partial charge in [-0.3, -0.25) is 10.1 Å². The average molecular weight is 285 g/mol. The zero-order valence-electron chi connectivity index (χ0n) is 11.1. The van der Waals surface area contributed by atoms with Gasteiger partial charge in [-0.2, -0.15) is 0 Å². The number of nitro benzene ring substituents is 1. The van der Waals surface area contributed by atoms with Crippen LogP contribution in [0.25, 0.3) is 0 Å². The number of halogens is 1. The quantitative estimate of drug-likeness (QED) is 0.679. The van der Waals surface area contributed by atoms with E-state index in [0.717, 1.165) is 6.42 Å². The van der Waals surface area contributed by atoms with Crippen LogP contribution in [0.15, 0.2) is 18.2 Å². The fourth-order valence-corrected chi connectivity index (χ4v) is 2.74. The third-order valence-electron chi connectivity index (χ3n) is 3.97. The molecule has 0 aromatic heterocycles. The molecule has 2 unspecified atom stereocenters. The molecule has 1 fully saturated rings. The molecule has 0 bridgehead atoms. The van der Waals surface area contributed by atoms with Gasteiger partial charge in [0.2, 0.25) is 0 Å². The summed E-state index contributed by atoms with van der Waals surface area (Å²) in [7, 11) is 1.68. The van der Waals surface area contributed by atoms with Crippen LogP contribution in [0.4, 0.5) is 11.4 Å². The van der Waals surface area contributed by atoms with E-state index in [2.05, 4.69) is 19.2 Å². The molecule has 0 amide bonds. The van der Waals surface area contributed by atoms with E-state index in [4.69, 9.17) is 16.3 Å². The third kappa shape index (κ3) is 2.40. The van der Waals surface area contributed by atoms with E-state index >= 15 is 0 Å². The minimum Gasteiger partial charge on any atom is -0.381 e. The lowest BCUT2D eigenvalue weighted by molar-refractivity contribution is -0.384. The molecule has 0 radical (unpaired) electrons. The zero-order valence-corrected chi connectivity index (χ0v) is 11.9. The summed E-state index contributed by atoms with van der Waals surface area (Å²) < 4.78 is 5.37. The highest BCUT2D eigenvalue weighted by Gasteiger charge is 2.49. The Labute approximate surface area is 117 Å². The maximum atomic E-state index is 11.0. The number of hydrogen-bond donors (Lipinski definition) is 1. The topological polar surface area (TPSA) is 64.4 Å². The first-order valence-electron chi connectivity index (χ1n) is 6.10. The predicted molar refractivity (Wildman–Crippen MR) is 74.7 cm³/mol. The van der Waals surface area contributed by atoms with Gasteiger partial charge in [-0.05, 0) is 12.5 Å². The number of nitro groups is 1. The summed E-state index contributed by atoms with van der Waals surface area (Å²) in [4.78, 5) is 10.6.